The van der Waals surface area contributed by atoms with E-state index in [2.05, 4.69) is 0 Å². The lowest BCUT2D eigenvalue weighted by molar-refractivity contribution is -0.176. The average molecular weight is 253 g/mol. The van der Waals surface area contributed by atoms with Gasteiger partial charge in [-0.25, -0.2) is 9.59 Å². The molecule has 0 aliphatic carbocycles. The second-order valence-electron chi connectivity index (χ2n) is 4.02. The molecule has 1 unspecified atom stereocenters. The molecule has 0 saturated heterocycles. The highest BCUT2D eigenvalue weighted by Crippen LogP contribution is 2.34. The summed E-state index contributed by atoms with van der Waals surface area (Å²) in [6.07, 6.45) is -0.0989. The zero-order chi connectivity index (χ0) is 12.9. The molecule has 1 aromatic heterocycles. The first-order chi connectivity index (χ1) is 8.48. The third-order valence-electron chi connectivity index (χ3n) is 2.64. The van der Waals surface area contributed by atoms with Crippen LogP contribution in [0.3, 0.4) is 0 Å². The molecular formula is C10H7NO7. The van der Waals surface area contributed by atoms with Crippen molar-refractivity contribution in [2.45, 2.75) is 18.4 Å². The number of aliphatic hydroxyl groups is 1. The molecule has 0 aromatic carbocycles. The first-order valence-corrected chi connectivity index (χ1v) is 5.06. The number of carbonyl (C=O) groups is 3. The van der Waals surface area contributed by atoms with E-state index in [9.17, 15) is 19.5 Å². The van der Waals surface area contributed by atoms with Crippen LogP contribution in [0.2, 0.25) is 0 Å². The summed E-state index contributed by atoms with van der Waals surface area (Å²) in [6.45, 7) is 0. The van der Waals surface area contributed by atoms with Crippen LogP contribution in [-0.2, 0) is 14.4 Å². The number of fused-ring (bicyclic) bond motifs is 2. The Hall–Kier alpha value is -2.35. The van der Waals surface area contributed by atoms with Crippen molar-refractivity contribution >= 4 is 17.9 Å². The van der Waals surface area contributed by atoms with E-state index in [-0.39, 0.29) is 11.6 Å². The predicted octanol–water partition coefficient (Wildman–Crippen LogP) is -1.21. The van der Waals surface area contributed by atoms with E-state index in [1.807, 2.05) is 0 Å². The van der Waals surface area contributed by atoms with Crippen LogP contribution in [0.25, 0.3) is 0 Å². The number of hydrogen-bond acceptors (Lipinski definition) is 7. The van der Waals surface area contributed by atoms with E-state index in [1.54, 1.807) is 0 Å². The van der Waals surface area contributed by atoms with Gasteiger partial charge < -0.3 is 19.4 Å². The third-order valence-corrected chi connectivity index (χ3v) is 2.64. The highest BCUT2D eigenvalue weighted by molar-refractivity contribution is 5.93. The SMILES string of the molecule is O=C1CC2(O)CC(=O)On3ccc(c3OC2=O)O1. The summed E-state index contributed by atoms with van der Waals surface area (Å²) in [6, 6.07) is 1.31. The summed E-state index contributed by atoms with van der Waals surface area (Å²) in [7, 11) is 0. The van der Waals surface area contributed by atoms with E-state index in [0.717, 1.165) is 4.73 Å². The van der Waals surface area contributed by atoms with Gasteiger partial charge in [-0.3, -0.25) is 4.79 Å². The van der Waals surface area contributed by atoms with Crippen molar-refractivity contribution in [2.24, 2.45) is 0 Å². The van der Waals surface area contributed by atoms with Gasteiger partial charge in [0.25, 0.3) is 5.88 Å². The maximum Gasteiger partial charge on any atom is 0.346 e. The maximum absolute atomic E-state index is 11.8. The first kappa shape index (κ1) is 10.8. The van der Waals surface area contributed by atoms with Crippen LogP contribution >= 0.6 is 0 Å². The van der Waals surface area contributed by atoms with Crippen molar-refractivity contribution in [3.63, 3.8) is 0 Å². The molecule has 2 aliphatic rings. The topological polar surface area (TPSA) is 104 Å². The van der Waals surface area contributed by atoms with E-state index < -0.39 is 36.4 Å². The molecule has 0 amide bonds. The molecule has 3 rings (SSSR count). The standard InChI is InChI=1S/C10H7NO7/c12-6-3-10(15)4-7(13)18-11-2-1-5(16-6)8(11)17-9(10)14/h1-2,15H,3-4H2. The molecule has 0 spiro atoms. The van der Waals surface area contributed by atoms with Gasteiger partial charge in [-0.2, -0.15) is 0 Å². The fourth-order valence-corrected chi connectivity index (χ4v) is 1.80. The Labute approximate surface area is 99.6 Å². The number of rotatable bonds is 0. The summed E-state index contributed by atoms with van der Waals surface area (Å²) < 4.78 is 10.6. The van der Waals surface area contributed by atoms with Crippen LogP contribution in [0.1, 0.15) is 12.8 Å². The highest BCUT2D eigenvalue weighted by atomic mass is 16.7. The smallest absolute Gasteiger partial charge is 0.346 e. The molecular weight excluding hydrogens is 246 g/mol. The summed E-state index contributed by atoms with van der Waals surface area (Å²) in [5.74, 6) is -3.07. The lowest BCUT2D eigenvalue weighted by Gasteiger charge is -2.28. The first-order valence-electron chi connectivity index (χ1n) is 5.06. The van der Waals surface area contributed by atoms with Gasteiger partial charge in [-0.1, -0.05) is 0 Å². The molecule has 18 heavy (non-hydrogen) atoms. The van der Waals surface area contributed by atoms with Gasteiger partial charge in [0.15, 0.2) is 11.4 Å². The van der Waals surface area contributed by atoms with Crippen LogP contribution in [0.15, 0.2) is 12.3 Å². The lowest BCUT2D eigenvalue weighted by atomic mass is 9.95. The molecule has 0 fully saturated rings. The van der Waals surface area contributed by atoms with E-state index in [1.165, 1.54) is 12.3 Å². The fraction of sp³-hybridized carbons (Fsp3) is 0.300. The van der Waals surface area contributed by atoms with Crippen molar-refractivity contribution in [1.82, 2.24) is 4.73 Å². The predicted molar refractivity (Wildman–Crippen MR) is 51.5 cm³/mol. The Balaban J connectivity index is 2.21. The van der Waals surface area contributed by atoms with Crippen LogP contribution in [0.4, 0.5) is 0 Å². The number of aromatic nitrogens is 1. The third kappa shape index (κ3) is 1.46. The normalized spacial score (nSPS) is 26.4. The molecule has 3 heterocycles. The Morgan fingerprint density at radius 3 is 2.67 bits per heavy atom. The van der Waals surface area contributed by atoms with Crippen LogP contribution in [0, 0.1) is 0 Å². The number of esters is 2. The van der Waals surface area contributed by atoms with Crippen LogP contribution in [-0.4, -0.2) is 33.3 Å². The van der Waals surface area contributed by atoms with Crippen molar-refractivity contribution < 1.29 is 33.8 Å². The lowest BCUT2D eigenvalue weighted by Crippen LogP contribution is -2.50. The minimum absolute atomic E-state index is 0.0508. The monoisotopic (exact) mass is 253 g/mol. The van der Waals surface area contributed by atoms with E-state index in [0.29, 0.717) is 0 Å². The number of carbonyl (C=O) groups excluding carboxylic acids is 3. The largest absolute Gasteiger partial charge is 0.420 e. The van der Waals surface area contributed by atoms with Gasteiger partial charge in [-0.15, -0.1) is 4.73 Å². The summed E-state index contributed by atoms with van der Waals surface area (Å²) >= 11 is 0. The summed E-state index contributed by atoms with van der Waals surface area (Å²) in [5.41, 5.74) is -2.26. The van der Waals surface area contributed by atoms with Crippen molar-refractivity contribution in [1.29, 1.82) is 0 Å². The molecule has 0 saturated carbocycles. The summed E-state index contributed by atoms with van der Waals surface area (Å²) in [4.78, 5) is 39.6. The quantitative estimate of drug-likeness (QED) is 0.578. The molecule has 1 N–H and O–H groups in total. The maximum atomic E-state index is 11.8. The second-order valence-corrected chi connectivity index (χ2v) is 4.02. The molecule has 8 heteroatoms. The zero-order valence-electron chi connectivity index (χ0n) is 8.91. The van der Waals surface area contributed by atoms with Gasteiger partial charge in [-0.05, 0) is 0 Å². The van der Waals surface area contributed by atoms with Gasteiger partial charge in [0.2, 0.25) is 0 Å². The Bertz CT molecular complexity index is 535. The molecule has 2 aliphatic heterocycles. The highest BCUT2D eigenvalue weighted by Gasteiger charge is 2.47. The molecule has 8 nitrogen and oxygen atoms in total. The summed E-state index contributed by atoms with van der Waals surface area (Å²) in [5, 5.41) is 9.99. The minimum Gasteiger partial charge on any atom is -0.420 e. The van der Waals surface area contributed by atoms with Crippen LogP contribution in [0.5, 0.6) is 11.6 Å². The Morgan fingerprint density at radius 2 is 1.89 bits per heavy atom. The average Bonchev–Trinajstić information content (AvgIpc) is 2.58. The molecule has 0 radical (unpaired) electrons. The van der Waals surface area contributed by atoms with Gasteiger partial charge in [0.05, 0.1) is 19.0 Å². The van der Waals surface area contributed by atoms with Gasteiger partial charge in [0, 0.05) is 6.07 Å². The number of hydrogen-bond donors (Lipinski definition) is 1. The fourth-order valence-electron chi connectivity index (χ4n) is 1.80. The van der Waals surface area contributed by atoms with Gasteiger partial charge in [0.1, 0.15) is 0 Å². The second kappa shape index (κ2) is 3.33. The molecule has 1 aromatic rings. The van der Waals surface area contributed by atoms with Crippen molar-refractivity contribution in [3.05, 3.63) is 12.3 Å². The molecule has 94 valence electrons. The van der Waals surface area contributed by atoms with E-state index >= 15 is 0 Å². The van der Waals surface area contributed by atoms with Gasteiger partial charge >= 0.3 is 17.9 Å². The van der Waals surface area contributed by atoms with E-state index in [4.69, 9.17) is 14.3 Å². The molecule has 1 atom stereocenters. The minimum atomic E-state index is -2.26. The number of ether oxygens (including phenoxy) is 2. The van der Waals surface area contributed by atoms with Crippen molar-refractivity contribution in [2.75, 3.05) is 0 Å². The Morgan fingerprint density at radius 1 is 1.17 bits per heavy atom. The number of nitrogens with zero attached hydrogens (tertiary/aromatic N) is 1. The zero-order valence-corrected chi connectivity index (χ0v) is 8.91. The van der Waals surface area contributed by atoms with Crippen molar-refractivity contribution in [3.8, 4) is 11.6 Å². The van der Waals surface area contributed by atoms with Crippen LogP contribution < -0.4 is 14.3 Å². The Kier molecular flexibility index (Phi) is 1.99. The molecule has 2 bridgehead atoms.